The van der Waals surface area contributed by atoms with Crippen molar-refractivity contribution < 1.29 is 9.59 Å². The van der Waals surface area contributed by atoms with Gasteiger partial charge in [0.15, 0.2) is 0 Å². The maximum atomic E-state index is 12.7. The van der Waals surface area contributed by atoms with E-state index in [4.69, 9.17) is 0 Å². The van der Waals surface area contributed by atoms with E-state index in [1.807, 2.05) is 44.1 Å². The van der Waals surface area contributed by atoms with Crippen molar-refractivity contribution in [3.8, 4) is 0 Å². The molecule has 0 aliphatic rings. The number of nitrogens with zero attached hydrogens (tertiary/aromatic N) is 1. The Balaban J connectivity index is 2.12. The van der Waals surface area contributed by atoms with E-state index in [-0.39, 0.29) is 11.8 Å². The second kappa shape index (κ2) is 9.15. The Morgan fingerprint density at radius 2 is 1.65 bits per heavy atom. The fourth-order valence-electron chi connectivity index (χ4n) is 2.68. The van der Waals surface area contributed by atoms with Crippen LogP contribution in [0, 0.1) is 6.92 Å². The molecule has 0 aromatic heterocycles. The molecule has 0 saturated heterocycles. The average molecular weight is 353 g/mol. The smallest absolute Gasteiger partial charge is 0.255 e. The largest absolute Gasteiger partial charge is 0.351 e. The number of rotatable bonds is 7. The maximum absolute atomic E-state index is 12.7. The Bertz CT molecular complexity index is 785. The summed E-state index contributed by atoms with van der Waals surface area (Å²) >= 11 is 0. The van der Waals surface area contributed by atoms with Crippen LogP contribution in [0.25, 0.3) is 0 Å². The first-order valence-corrected chi connectivity index (χ1v) is 8.85. The summed E-state index contributed by atoms with van der Waals surface area (Å²) in [6, 6.07) is 12.8. The molecule has 2 N–H and O–H groups in total. The van der Waals surface area contributed by atoms with Crippen molar-refractivity contribution in [3.05, 3.63) is 64.7 Å². The third-order valence-corrected chi connectivity index (χ3v) is 4.21. The van der Waals surface area contributed by atoms with E-state index in [9.17, 15) is 9.59 Å². The zero-order valence-electron chi connectivity index (χ0n) is 15.9. The second-order valence-electron chi connectivity index (χ2n) is 6.56. The van der Waals surface area contributed by atoms with Gasteiger partial charge in [-0.2, -0.15) is 0 Å². The summed E-state index contributed by atoms with van der Waals surface area (Å²) in [5.41, 5.74) is 3.92. The minimum absolute atomic E-state index is 0.174. The van der Waals surface area contributed by atoms with E-state index in [1.165, 1.54) is 0 Å². The van der Waals surface area contributed by atoms with Gasteiger partial charge in [0.05, 0.1) is 0 Å². The van der Waals surface area contributed by atoms with Crippen LogP contribution >= 0.6 is 0 Å². The summed E-state index contributed by atoms with van der Waals surface area (Å²) in [7, 11) is 3.90. The van der Waals surface area contributed by atoms with E-state index >= 15 is 0 Å². The van der Waals surface area contributed by atoms with E-state index in [1.54, 1.807) is 24.3 Å². The Labute approximate surface area is 155 Å². The Kier molecular flexibility index (Phi) is 6.92. The first-order valence-electron chi connectivity index (χ1n) is 8.85. The fourth-order valence-corrected chi connectivity index (χ4v) is 2.68. The number of amides is 2. The van der Waals surface area contributed by atoms with Crippen molar-refractivity contribution in [1.29, 1.82) is 0 Å². The minimum Gasteiger partial charge on any atom is -0.351 e. The lowest BCUT2D eigenvalue weighted by Crippen LogP contribution is -2.31. The van der Waals surface area contributed by atoms with Gasteiger partial charge in [0.25, 0.3) is 11.8 Å². The maximum Gasteiger partial charge on any atom is 0.255 e. The highest BCUT2D eigenvalue weighted by atomic mass is 16.2. The number of hydrogen-bond donors (Lipinski definition) is 2. The van der Waals surface area contributed by atoms with E-state index in [2.05, 4.69) is 17.6 Å². The number of para-hydroxylation sites is 1. The van der Waals surface area contributed by atoms with E-state index in [0.717, 1.165) is 29.8 Å². The average Bonchev–Trinajstić information content (AvgIpc) is 2.63. The molecular formula is C21H27N3O2. The Morgan fingerprint density at radius 3 is 2.31 bits per heavy atom. The number of carbonyl (C=O) groups is 2. The summed E-state index contributed by atoms with van der Waals surface area (Å²) in [5.74, 6) is -0.386. The van der Waals surface area contributed by atoms with Crippen LogP contribution in [0.5, 0.6) is 0 Å². The van der Waals surface area contributed by atoms with Gasteiger partial charge >= 0.3 is 0 Å². The predicted molar refractivity (Wildman–Crippen MR) is 106 cm³/mol. The first kappa shape index (κ1) is 19.7. The number of carbonyl (C=O) groups excluding carboxylic acids is 2. The summed E-state index contributed by atoms with van der Waals surface area (Å²) < 4.78 is 0. The standard InChI is InChI=1S/C21H27N3O2/c1-5-16-9-6-8-15(2)19(16)23-21(26)18-11-7-10-17(14-18)20(25)22-12-13-24(3)4/h6-11,14H,5,12-13H2,1-4H3,(H,22,25)(H,23,26). The van der Waals surface area contributed by atoms with Gasteiger partial charge in [-0.05, 0) is 56.8 Å². The molecule has 0 aliphatic heterocycles. The molecule has 0 spiro atoms. The number of likely N-dealkylation sites (N-methyl/N-ethyl adjacent to an activating group) is 1. The number of anilines is 1. The van der Waals surface area contributed by atoms with Crippen molar-refractivity contribution in [2.45, 2.75) is 20.3 Å². The van der Waals surface area contributed by atoms with Gasteiger partial charge in [-0.1, -0.05) is 31.2 Å². The quantitative estimate of drug-likeness (QED) is 0.804. The lowest BCUT2D eigenvalue weighted by atomic mass is 10.0. The lowest BCUT2D eigenvalue weighted by molar-refractivity contribution is 0.0951. The highest BCUT2D eigenvalue weighted by Gasteiger charge is 2.13. The third-order valence-electron chi connectivity index (χ3n) is 4.21. The fraction of sp³-hybridized carbons (Fsp3) is 0.333. The van der Waals surface area contributed by atoms with Crippen molar-refractivity contribution in [2.24, 2.45) is 0 Å². The van der Waals surface area contributed by atoms with Crippen LogP contribution in [0.3, 0.4) is 0 Å². The molecule has 5 nitrogen and oxygen atoms in total. The van der Waals surface area contributed by atoms with Gasteiger partial charge in [0.1, 0.15) is 0 Å². The van der Waals surface area contributed by atoms with Crippen molar-refractivity contribution in [1.82, 2.24) is 10.2 Å². The van der Waals surface area contributed by atoms with Gasteiger partial charge in [-0.3, -0.25) is 9.59 Å². The van der Waals surface area contributed by atoms with Crippen molar-refractivity contribution >= 4 is 17.5 Å². The molecule has 2 rings (SSSR count). The molecule has 0 fully saturated rings. The molecular weight excluding hydrogens is 326 g/mol. The molecule has 0 heterocycles. The molecule has 2 aromatic carbocycles. The van der Waals surface area contributed by atoms with Crippen LogP contribution in [0.4, 0.5) is 5.69 Å². The van der Waals surface area contributed by atoms with Crippen LogP contribution in [0.2, 0.25) is 0 Å². The molecule has 2 amide bonds. The summed E-state index contributed by atoms with van der Waals surface area (Å²) in [6.45, 7) is 5.36. The summed E-state index contributed by atoms with van der Waals surface area (Å²) in [4.78, 5) is 26.9. The van der Waals surface area contributed by atoms with Crippen molar-refractivity contribution in [3.63, 3.8) is 0 Å². The molecule has 0 aliphatic carbocycles. The lowest BCUT2D eigenvalue weighted by Gasteiger charge is -2.14. The molecule has 0 bridgehead atoms. The SMILES string of the molecule is CCc1cccc(C)c1NC(=O)c1cccc(C(=O)NCCN(C)C)c1. The molecule has 0 atom stereocenters. The Hall–Kier alpha value is -2.66. The highest BCUT2D eigenvalue weighted by Crippen LogP contribution is 2.22. The third kappa shape index (κ3) is 5.17. The molecule has 138 valence electrons. The van der Waals surface area contributed by atoms with E-state index < -0.39 is 0 Å². The van der Waals surface area contributed by atoms with Crippen LogP contribution in [-0.4, -0.2) is 43.9 Å². The van der Waals surface area contributed by atoms with Crippen LogP contribution < -0.4 is 10.6 Å². The predicted octanol–water partition coefficient (Wildman–Crippen LogP) is 3.10. The van der Waals surface area contributed by atoms with Gasteiger partial charge in [0.2, 0.25) is 0 Å². The number of nitrogens with one attached hydrogen (secondary N) is 2. The van der Waals surface area contributed by atoms with Gasteiger partial charge in [-0.25, -0.2) is 0 Å². The zero-order valence-corrected chi connectivity index (χ0v) is 15.9. The zero-order chi connectivity index (χ0) is 19.1. The van der Waals surface area contributed by atoms with Gasteiger partial charge in [0, 0.05) is 29.9 Å². The topological polar surface area (TPSA) is 61.4 Å². The number of benzene rings is 2. The molecule has 0 unspecified atom stereocenters. The number of hydrogen-bond acceptors (Lipinski definition) is 3. The van der Waals surface area contributed by atoms with Crippen molar-refractivity contribution in [2.75, 3.05) is 32.5 Å². The van der Waals surface area contributed by atoms with Gasteiger partial charge in [-0.15, -0.1) is 0 Å². The molecule has 0 saturated carbocycles. The highest BCUT2D eigenvalue weighted by molar-refractivity contribution is 6.06. The molecule has 26 heavy (non-hydrogen) atoms. The normalized spacial score (nSPS) is 10.7. The second-order valence-corrected chi connectivity index (χ2v) is 6.56. The van der Waals surface area contributed by atoms with Crippen LogP contribution in [0.1, 0.15) is 38.8 Å². The van der Waals surface area contributed by atoms with E-state index in [0.29, 0.717) is 17.7 Å². The van der Waals surface area contributed by atoms with Crippen LogP contribution in [-0.2, 0) is 6.42 Å². The van der Waals surface area contributed by atoms with Crippen LogP contribution in [0.15, 0.2) is 42.5 Å². The molecule has 2 aromatic rings. The number of aryl methyl sites for hydroxylation is 2. The van der Waals surface area contributed by atoms with Gasteiger partial charge < -0.3 is 15.5 Å². The molecule has 0 radical (unpaired) electrons. The minimum atomic E-state index is -0.211. The summed E-state index contributed by atoms with van der Waals surface area (Å²) in [5, 5.41) is 5.85. The summed E-state index contributed by atoms with van der Waals surface area (Å²) in [6.07, 6.45) is 0.839. The molecule has 5 heteroatoms. The first-order chi connectivity index (χ1) is 12.4. The Morgan fingerprint density at radius 1 is 1.00 bits per heavy atom. The monoisotopic (exact) mass is 353 g/mol.